The van der Waals surface area contributed by atoms with Gasteiger partial charge in [0.1, 0.15) is 0 Å². The number of para-hydroxylation sites is 2. The van der Waals surface area contributed by atoms with Gasteiger partial charge in [0, 0.05) is 59.3 Å². The Morgan fingerprint density at radius 1 is 0.490 bits per heavy atom. The molecule has 7 aromatic carbocycles. The van der Waals surface area contributed by atoms with Crippen LogP contribution in [0.25, 0.3) is 75.4 Å². The van der Waals surface area contributed by atoms with Gasteiger partial charge < -0.3 is 9.88 Å². The summed E-state index contributed by atoms with van der Waals surface area (Å²) >= 11 is 1.87. The van der Waals surface area contributed by atoms with Crippen LogP contribution in [-0.2, 0) is 0 Å². The summed E-state index contributed by atoms with van der Waals surface area (Å²) in [6.07, 6.45) is 9.06. The number of fused-ring (bicyclic) bond motifs is 9. The Labute approximate surface area is 300 Å². The van der Waals surface area contributed by atoms with Crippen LogP contribution in [0.3, 0.4) is 0 Å². The molecule has 0 amide bonds. The lowest BCUT2D eigenvalue weighted by atomic mass is 9.91. The molecule has 2 atom stereocenters. The Morgan fingerprint density at radius 3 is 2.10 bits per heavy atom. The highest BCUT2D eigenvalue weighted by atomic mass is 32.1. The summed E-state index contributed by atoms with van der Waals surface area (Å²) in [5.41, 5.74) is 13.6. The molecule has 0 spiro atoms. The van der Waals surface area contributed by atoms with E-state index in [0.717, 1.165) is 5.52 Å². The maximum absolute atomic E-state index is 3.81. The molecule has 240 valence electrons. The molecule has 0 radical (unpaired) electrons. The zero-order valence-electron chi connectivity index (χ0n) is 27.8. The molecule has 3 heteroatoms. The minimum Gasteiger partial charge on any atom is -0.354 e. The maximum Gasteiger partial charge on any atom is 0.0629 e. The number of benzene rings is 7. The fraction of sp³-hybridized carbons (Fsp3) is 0.0417. The highest BCUT2D eigenvalue weighted by Gasteiger charge is 2.37. The third-order valence-corrected chi connectivity index (χ3v) is 12.1. The van der Waals surface area contributed by atoms with Gasteiger partial charge in [-0.3, -0.25) is 0 Å². The van der Waals surface area contributed by atoms with Gasteiger partial charge in [0.15, 0.2) is 0 Å². The van der Waals surface area contributed by atoms with Gasteiger partial charge in [-0.25, -0.2) is 0 Å². The van der Waals surface area contributed by atoms with Crippen molar-refractivity contribution >= 4 is 64.7 Å². The third-order valence-electron chi connectivity index (χ3n) is 10.9. The van der Waals surface area contributed by atoms with Gasteiger partial charge in [0.25, 0.3) is 0 Å². The number of nitrogens with one attached hydrogen (secondary N) is 1. The topological polar surface area (TPSA) is 19.0 Å². The number of allylic oxidation sites excluding steroid dienone is 2. The summed E-state index contributed by atoms with van der Waals surface area (Å²) in [6.45, 7) is 0. The lowest BCUT2D eigenvalue weighted by Crippen LogP contribution is -2.28. The van der Waals surface area contributed by atoms with E-state index < -0.39 is 0 Å². The molecule has 0 saturated heterocycles. The van der Waals surface area contributed by atoms with Gasteiger partial charge in [-0.05, 0) is 88.0 Å². The fourth-order valence-corrected chi connectivity index (χ4v) is 9.63. The fourth-order valence-electron chi connectivity index (χ4n) is 8.54. The SMILES string of the molecule is C1=CC2c3ccccc3N(c3ccc4[nH]c5c(-c6cccc(-c7cccc(-c8ccc9sc%10ccccc%10c9c8)c7)c6)cccc5c4c3)C2C=C1. The summed E-state index contributed by atoms with van der Waals surface area (Å²) in [5.74, 6) is 0.370. The molecule has 2 unspecified atom stereocenters. The van der Waals surface area contributed by atoms with E-state index in [4.69, 9.17) is 0 Å². The van der Waals surface area contributed by atoms with Crippen LogP contribution in [-0.4, -0.2) is 11.0 Å². The van der Waals surface area contributed by atoms with Crippen molar-refractivity contribution in [3.8, 4) is 33.4 Å². The van der Waals surface area contributed by atoms with Crippen molar-refractivity contribution in [1.29, 1.82) is 0 Å². The van der Waals surface area contributed by atoms with Crippen molar-refractivity contribution in [2.75, 3.05) is 4.90 Å². The van der Waals surface area contributed by atoms with E-state index in [-0.39, 0.29) is 6.04 Å². The van der Waals surface area contributed by atoms with Crippen LogP contribution in [0.1, 0.15) is 11.5 Å². The number of H-pyrrole nitrogens is 1. The first-order valence-electron chi connectivity index (χ1n) is 17.7. The number of hydrogen-bond acceptors (Lipinski definition) is 2. The maximum atomic E-state index is 3.81. The molecule has 3 heterocycles. The van der Waals surface area contributed by atoms with E-state index in [1.54, 1.807) is 0 Å². The van der Waals surface area contributed by atoms with Gasteiger partial charge in [0.05, 0.1) is 11.6 Å². The summed E-state index contributed by atoms with van der Waals surface area (Å²) in [6, 6.07) is 56.3. The normalized spacial score (nSPS) is 16.4. The van der Waals surface area contributed by atoms with Gasteiger partial charge in [-0.2, -0.15) is 0 Å². The van der Waals surface area contributed by atoms with E-state index in [0.29, 0.717) is 5.92 Å². The van der Waals surface area contributed by atoms with Crippen LogP contribution in [0.15, 0.2) is 176 Å². The number of hydrogen-bond donors (Lipinski definition) is 1. The Kier molecular flexibility index (Phi) is 6.28. The molecular formula is C48H32N2S. The molecule has 1 aliphatic carbocycles. The predicted octanol–water partition coefficient (Wildman–Crippen LogP) is 13.4. The number of thiophene rings is 1. The molecule has 11 rings (SSSR count). The molecule has 0 fully saturated rings. The number of rotatable bonds is 4. The van der Waals surface area contributed by atoms with Crippen molar-refractivity contribution < 1.29 is 0 Å². The number of aromatic amines is 1. The third kappa shape index (κ3) is 4.48. The summed E-state index contributed by atoms with van der Waals surface area (Å²) in [5, 5.41) is 5.16. The van der Waals surface area contributed by atoms with E-state index >= 15 is 0 Å². The second-order valence-electron chi connectivity index (χ2n) is 13.8. The summed E-state index contributed by atoms with van der Waals surface area (Å²) < 4.78 is 2.67. The number of anilines is 2. The van der Waals surface area contributed by atoms with Crippen LogP contribution in [0.5, 0.6) is 0 Å². The quantitative estimate of drug-likeness (QED) is 0.198. The first-order valence-corrected chi connectivity index (χ1v) is 18.5. The molecular weight excluding hydrogens is 637 g/mol. The van der Waals surface area contributed by atoms with Crippen LogP contribution in [0.4, 0.5) is 11.4 Å². The Balaban J connectivity index is 0.973. The molecule has 2 aliphatic rings. The molecule has 1 N–H and O–H groups in total. The van der Waals surface area contributed by atoms with Crippen LogP contribution in [0.2, 0.25) is 0 Å². The highest BCUT2D eigenvalue weighted by molar-refractivity contribution is 7.25. The van der Waals surface area contributed by atoms with Crippen molar-refractivity contribution in [1.82, 2.24) is 4.98 Å². The Bertz CT molecular complexity index is 2900. The van der Waals surface area contributed by atoms with Crippen molar-refractivity contribution in [2.24, 2.45) is 0 Å². The van der Waals surface area contributed by atoms with E-state index in [1.807, 2.05) is 11.3 Å². The smallest absolute Gasteiger partial charge is 0.0629 e. The van der Waals surface area contributed by atoms with Gasteiger partial charge >= 0.3 is 0 Å². The van der Waals surface area contributed by atoms with Gasteiger partial charge in [-0.15, -0.1) is 11.3 Å². The molecule has 2 nitrogen and oxygen atoms in total. The minimum atomic E-state index is 0.283. The van der Waals surface area contributed by atoms with E-state index in [1.165, 1.54) is 86.8 Å². The van der Waals surface area contributed by atoms with Gasteiger partial charge in [0.2, 0.25) is 0 Å². The average molecular weight is 669 g/mol. The van der Waals surface area contributed by atoms with E-state index in [9.17, 15) is 0 Å². The van der Waals surface area contributed by atoms with Crippen molar-refractivity contribution in [3.05, 3.63) is 182 Å². The molecule has 9 aromatic rings. The molecule has 2 aromatic heterocycles. The zero-order chi connectivity index (χ0) is 33.5. The summed E-state index contributed by atoms with van der Waals surface area (Å²) in [7, 11) is 0. The predicted molar refractivity (Wildman–Crippen MR) is 218 cm³/mol. The van der Waals surface area contributed by atoms with Crippen LogP contribution < -0.4 is 4.90 Å². The average Bonchev–Trinajstić information content (AvgIpc) is 3.87. The monoisotopic (exact) mass is 668 g/mol. The first kappa shape index (κ1) is 28.7. The van der Waals surface area contributed by atoms with Crippen LogP contribution >= 0.6 is 11.3 Å². The molecule has 1 aliphatic heterocycles. The van der Waals surface area contributed by atoms with Crippen molar-refractivity contribution in [3.63, 3.8) is 0 Å². The molecule has 0 saturated carbocycles. The second kappa shape index (κ2) is 11.2. The zero-order valence-corrected chi connectivity index (χ0v) is 28.6. The van der Waals surface area contributed by atoms with Crippen LogP contribution in [0, 0.1) is 0 Å². The number of nitrogens with zero attached hydrogens (tertiary/aromatic N) is 1. The van der Waals surface area contributed by atoms with Crippen molar-refractivity contribution in [2.45, 2.75) is 12.0 Å². The minimum absolute atomic E-state index is 0.283. The number of aromatic nitrogens is 1. The second-order valence-corrected chi connectivity index (χ2v) is 14.9. The molecule has 0 bridgehead atoms. The first-order chi connectivity index (χ1) is 25.3. The standard InChI is InChI=1S/C48H32N2S/c1-4-19-44-37(14-1)38-15-2-5-20-45(38)50(44)35-23-24-43-41(29-35)40-18-9-17-36(48(40)49-43)34-13-8-12-32(27-34)30-10-7-11-31(26-30)33-22-25-47-42(28-33)39-16-3-6-21-46(39)51-47/h1-29,37,44,49H. The molecule has 51 heavy (non-hydrogen) atoms. The van der Waals surface area contributed by atoms with Gasteiger partial charge in [-0.1, -0.05) is 121 Å². The highest BCUT2D eigenvalue weighted by Crippen LogP contribution is 2.48. The Hall–Kier alpha value is -6.16. The summed E-state index contributed by atoms with van der Waals surface area (Å²) in [4.78, 5) is 6.32. The largest absolute Gasteiger partial charge is 0.354 e. The lowest BCUT2D eigenvalue weighted by Gasteiger charge is -2.28. The Morgan fingerprint density at radius 2 is 1.20 bits per heavy atom. The lowest BCUT2D eigenvalue weighted by molar-refractivity contribution is 0.745. The van der Waals surface area contributed by atoms with E-state index in [2.05, 4.69) is 186 Å².